The van der Waals surface area contributed by atoms with Crippen molar-refractivity contribution in [3.05, 3.63) is 11.6 Å². The predicted molar refractivity (Wildman–Crippen MR) is 69.9 cm³/mol. The first-order valence-corrected chi connectivity index (χ1v) is 7.29. The van der Waals surface area contributed by atoms with Crippen molar-refractivity contribution in [1.82, 2.24) is 0 Å². The maximum absolute atomic E-state index is 11.6. The lowest BCUT2D eigenvalue weighted by Gasteiger charge is -2.40. The molecule has 1 saturated heterocycles. The molecule has 3 nitrogen and oxygen atoms in total. The van der Waals surface area contributed by atoms with Gasteiger partial charge >= 0.3 is 5.97 Å². The number of hydrogen-bond donors (Lipinski definition) is 1. The molecule has 1 saturated carbocycles. The maximum Gasteiger partial charge on any atom is 0.334 e. The van der Waals surface area contributed by atoms with Crippen LogP contribution in [0.15, 0.2) is 11.6 Å². The van der Waals surface area contributed by atoms with E-state index in [0.717, 1.165) is 18.4 Å². The van der Waals surface area contributed by atoms with Gasteiger partial charge in [-0.25, -0.2) is 4.79 Å². The molecule has 1 N–H and O–H groups in total. The highest BCUT2D eigenvalue weighted by atomic mass is 16.6. The molecule has 2 fully saturated rings. The first-order chi connectivity index (χ1) is 8.68. The van der Waals surface area contributed by atoms with E-state index in [9.17, 15) is 9.90 Å². The van der Waals surface area contributed by atoms with Crippen LogP contribution in [0.5, 0.6) is 0 Å². The van der Waals surface area contributed by atoms with Crippen LogP contribution < -0.4 is 0 Å². The Balaban J connectivity index is 0.000000574. The minimum atomic E-state index is -0.383. The summed E-state index contributed by atoms with van der Waals surface area (Å²) < 4.78 is 5.22. The average Bonchev–Trinajstić information content (AvgIpc) is 2.68. The second-order valence-corrected chi connectivity index (χ2v) is 5.36. The van der Waals surface area contributed by atoms with Crippen molar-refractivity contribution in [1.29, 1.82) is 0 Å². The van der Waals surface area contributed by atoms with E-state index < -0.39 is 0 Å². The van der Waals surface area contributed by atoms with Crippen LogP contribution in [0.2, 0.25) is 0 Å². The van der Waals surface area contributed by atoms with Gasteiger partial charge in [0.1, 0.15) is 6.10 Å². The third kappa shape index (κ3) is 2.09. The number of hydrogen-bond acceptors (Lipinski definition) is 3. The second-order valence-electron chi connectivity index (χ2n) is 5.36. The van der Waals surface area contributed by atoms with Gasteiger partial charge in [-0.1, -0.05) is 32.8 Å². The number of aliphatic hydroxyl groups is 1. The van der Waals surface area contributed by atoms with Gasteiger partial charge in [0.2, 0.25) is 0 Å². The molecule has 5 atom stereocenters. The molecule has 0 amide bonds. The van der Waals surface area contributed by atoms with Gasteiger partial charge in [-0.2, -0.15) is 0 Å². The van der Waals surface area contributed by atoms with Crippen molar-refractivity contribution in [2.24, 2.45) is 17.8 Å². The highest BCUT2D eigenvalue weighted by molar-refractivity contribution is 5.92. The van der Waals surface area contributed by atoms with Gasteiger partial charge in [0.05, 0.1) is 12.0 Å². The summed E-state index contributed by atoms with van der Waals surface area (Å²) in [6, 6.07) is 0. The number of carbonyl (C=O) groups excluding carboxylic acids is 1. The Bertz CT molecular complexity index is 348. The molecule has 2 aliphatic carbocycles. The number of esters is 1. The summed E-state index contributed by atoms with van der Waals surface area (Å²) in [5.41, 5.74) is 0.739. The number of aliphatic hydroxyl groups excluding tert-OH is 1. The fourth-order valence-corrected chi connectivity index (χ4v) is 3.66. The Morgan fingerprint density at radius 1 is 1.28 bits per heavy atom. The van der Waals surface area contributed by atoms with E-state index >= 15 is 0 Å². The van der Waals surface area contributed by atoms with Gasteiger partial charge in [-0.05, 0) is 31.6 Å². The fourth-order valence-electron chi connectivity index (χ4n) is 3.66. The number of rotatable bonds is 0. The lowest BCUT2D eigenvalue weighted by Crippen LogP contribution is -2.42. The van der Waals surface area contributed by atoms with E-state index in [1.165, 1.54) is 12.8 Å². The molecule has 102 valence electrons. The average molecular weight is 252 g/mol. The van der Waals surface area contributed by atoms with E-state index in [1.54, 1.807) is 0 Å². The van der Waals surface area contributed by atoms with Crippen molar-refractivity contribution in [2.45, 2.75) is 58.7 Å². The van der Waals surface area contributed by atoms with Gasteiger partial charge < -0.3 is 9.84 Å². The molecule has 0 aromatic rings. The smallest absolute Gasteiger partial charge is 0.334 e. The molecule has 1 aliphatic heterocycles. The van der Waals surface area contributed by atoms with Crippen LogP contribution in [0, 0.1) is 17.8 Å². The summed E-state index contributed by atoms with van der Waals surface area (Å²) in [5.74, 6) is 0.458. The van der Waals surface area contributed by atoms with Gasteiger partial charge in [-0.3, -0.25) is 0 Å². The second kappa shape index (κ2) is 5.43. The first kappa shape index (κ1) is 13.6. The zero-order chi connectivity index (χ0) is 13.3. The zero-order valence-electron chi connectivity index (χ0n) is 11.6. The Kier molecular flexibility index (Phi) is 4.10. The Morgan fingerprint density at radius 2 is 1.94 bits per heavy atom. The number of allylic oxidation sites excluding steroid dienone is 1. The molecule has 0 aromatic heterocycles. The van der Waals surface area contributed by atoms with Crippen molar-refractivity contribution in [2.75, 3.05) is 0 Å². The third-order valence-electron chi connectivity index (χ3n) is 4.47. The number of fused-ring (bicyclic) bond motifs is 2. The number of ether oxygens (including phenoxy) is 1. The molecule has 3 aliphatic rings. The van der Waals surface area contributed by atoms with Crippen LogP contribution in [0.25, 0.3) is 0 Å². The highest BCUT2D eigenvalue weighted by Crippen LogP contribution is 2.46. The Morgan fingerprint density at radius 3 is 2.67 bits per heavy atom. The van der Waals surface area contributed by atoms with Crippen molar-refractivity contribution in [3.8, 4) is 0 Å². The van der Waals surface area contributed by atoms with Crippen LogP contribution in [0.3, 0.4) is 0 Å². The van der Waals surface area contributed by atoms with Crippen LogP contribution in [-0.4, -0.2) is 23.3 Å². The van der Waals surface area contributed by atoms with Crippen LogP contribution >= 0.6 is 0 Å². The topological polar surface area (TPSA) is 46.5 Å². The summed E-state index contributed by atoms with van der Waals surface area (Å²) >= 11 is 0. The summed E-state index contributed by atoms with van der Waals surface area (Å²) in [7, 11) is 0. The molecule has 3 heteroatoms. The van der Waals surface area contributed by atoms with E-state index in [1.807, 2.05) is 20.8 Å². The molecule has 0 radical (unpaired) electrons. The van der Waals surface area contributed by atoms with Gasteiger partial charge in [-0.15, -0.1) is 0 Å². The van der Waals surface area contributed by atoms with Gasteiger partial charge in [0.15, 0.2) is 0 Å². The van der Waals surface area contributed by atoms with Gasteiger partial charge in [0.25, 0.3) is 0 Å². The molecular weight excluding hydrogens is 228 g/mol. The predicted octanol–water partition coefficient (Wildman–Crippen LogP) is 2.68. The molecular formula is C15H24O3. The summed E-state index contributed by atoms with van der Waals surface area (Å²) in [6.45, 7) is 5.88. The third-order valence-corrected chi connectivity index (χ3v) is 4.47. The number of cyclic esters (lactones) is 1. The lowest BCUT2D eigenvalue weighted by molar-refractivity contribution is -0.138. The highest BCUT2D eigenvalue weighted by Gasteiger charge is 2.49. The monoisotopic (exact) mass is 252 g/mol. The summed E-state index contributed by atoms with van der Waals surface area (Å²) in [5, 5.41) is 10.4. The summed E-state index contributed by atoms with van der Waals surface area (Å²) in [4.78, 5) is 11.6. The van der Waals surface area contributed by atoms with Crippen LogP contribution in [0.1, 0.15) is 46.5 Å². The van der Waals surface area contributed by atoms with Crippen LogP contribution in [-0.2, 0) is 9.53 Å². The number of carbonyl (C=O) groups is 1. The van der Waals surface area contributed by atoms with Gasteiger partial charge in [0, 0.05) is 5.57 Å². The lowest BCUT2D eigenvalue weighted by atomic mass is 9.66. The molecule has 18 heavy (non-hydrogen) atoms. The quantitative estimate of drug-likeness (QED) is 0.674. The van der Waals surface area contributed by atoms with E-state index in [0.29, 0.717) is 11.8 Å². The first-order valence-electron chi connectivity index (χ1n) is 7.29. The molecule has 5 unspecified atom stereocenters. The molecule has 3 rings (SSSR count). The molecule has 0 spiro atoms. The fraction of sp³-hybridized carbons (Fsp3) is 0.800. The van der Waals surface area contributed by atoms with Crippen molar-refractivity contribution in [3.63, 3.8) is 0 Å². The van der Waals surface area contributed by atoms with E-state index in [4.69, 9.17) is 4.74 Å². The largest absolute Gasteiger partial charge is 0.459 e. The van der Waals surface area contributed by atoms with E-state index in [2.05, 4.69) is 6.08 Å². The zero-order valence-corrected chi connectivity index (χ0v) is 11.6. The molecule has 0 aromatic carbocycles. The molecule has 0 bridgehead atoms. The van der Waals surface area contributed by atoms with Crippen molar-refractivity contribution >= 4 is 5.97 Å². The van der Waals surface area contributed by atoms with Crippen molar-refractivity contribution < 1.29 is 14.6 Å². The maximum atomic E-state index is 11.6. The standard InChI is InChI=1S/C13H18O3.C2H6/c1-7-11-10(13(15)16-7)6-8-4-2-3-5-9(8)12(11)14;1-2/h6-9,11-12,14H,2-5H2,1H3;1-2H3. The summed E-state index contributed by atoms with van der Waals surface area (Å²) in [6.07, 6.45) is 6.17. The molecule has 1 heterocycles. The minimum absolute atomic E-state index is 0.0770. The van der Waals surface area contributed by atoms with E-state index in [-0.39, 0.29) is 24.1 Å². The SMILES string of the molecule is CC.CC1OC(=O)C2=CC3CCCCC3C(O)C21. The Hall–Kier alpha value is -0.830. The normalized spacial score (nSPS) is 41.9. The minimum Gasteiger partial charge on any atom is -0.459 e. The Labute approximate surface area is 109 Å². The van der Waals surface area contributed by atoms with Crippen LogP contribution in [0.4, 0.5) is 0 Å².